The van der Waals surface area contributed by atoms with Gasteiger partial charge in [0.05, 0.1) is 0 Å². The quantitative estimate of drug-likeness (QED) is 0.0261. The highest BCUT2D eigenvalue weighted by atomic mass is 16.6. The van der Waals surface area contributed by atoms with E-state index < -0.39 is 6.10 Å². The molecule has 0 saturated heterocycles. The summed E-state index contributed by atoms with van der Waals surface area (Å²) in [5.74, 6) is -0.899. The lowest BCUT2D eigenvalue weighted by atomic mass is 10.0. The Morgan fingerprint density at radius 2 is 0.534 bits per heavy atom. The van der Waals surface area contributed by atoms with Crippen molar-refractivity contribution < 1.29 is 28.6 Å². The summed E-state index contributed by atoms with van der Waals surface area (Å²) in [5.41, 5.74) is 0. The monoisotopic (exact) mass is 1020 g/mol. The first-order chi connectivity index (χ1) is 36.0. The topological polar surface area (TPSA) is 78.9 Å². The predicted octanol–water partition coefficient (Wildman–Crippen LogP) is 21.1. The van der Waals surface area contributed by atoms with E-state index in [0.717, 1.165) is 116 Å². The van der Waals surface area contributed by atoms with E-state index in [1.54, 1.807) is 0 Å². The minimum Gasteiger partial charge on any atom is -0.462 e. The SMILES string of the molecule is CC/C=C\C/C=C\C/C=C\C/C=C\CCCCCCCCCCCCCCC(=O)OCC(COC(=O)CCCCCCC/C=C\CCCCCCC)OC(=O)CCCCCCC/C=C\C/C=C\CCCCCC. The molecule has 0 amide bonds. The summed E-state index contributed by atoms with van der Waals surface area (Å²) in [5, 5.41) is 0. The maximum Gasteiger partial charge on any atom is 0.306 e. The third-order valence-electron chi connectivity index (χ3n) is 13.4. The molecule has 0 bridgehead atoms. The fourth-order valence-corrected chi connectivity index (χ4v) is 8.69. The molecule has 0 radical (unpaired) electrons. The van der Waals surface area contributed by atoms with Crippen LogP contribution in [0.1, 0.15) is 303 Å². The molecule has 0 aliphatic carbocycles. The van der Waals surface area contributed by atoms with Gasteiger partial charge in [-0.05, 0) is 116 Å². The van der Waals surface area contributed by atoms with Crippen LogP contribution in [0.4, 0.5) is 0 Å². The molecule has 1 atom stereocenters. The Morgan fingerprint density at radius 3 is 0.863 bits per heavy atom. The minimum absolute atomic E-state index is 0.0846. The Hall–Kier alpha value is -3.41. The van der Waals surface area contributed by atoms with Crippen LogP contribution in [0.5, 0.6) is 0 Å². The number of allylic oxidation sites excluding steroid dienone is 14. The molecule has 0 rings (SSSR count). The number of hydrogen-bond donors (Lipinski definition) is 0. The highest BCUT2D eigenvalue weighted by Gasteiger charge is 2.19. The first-order valence-electron chi connectivity index (χ1n) is 31.1. The van der Waals surface area contributed by atoms with Crippen molar-refractivity contribution in [1.82, 2.24) is 0 Å². The van der Waals surface area contributed by atoms with Crippen LogP contribution in [0.3, 0.4) is 0 Å². The molecular formula is C67H116O6. The zero-order valence-corrected chi connectivity index (χ0v) is 48.1. The van der Waals surface area contributed by atoms with Gasteiger partial charge in [0, 0.05) is 19.3 Å². The van der Waals surface area contributed by atoms with Gasteiger partial charge in [-0.15, -0.1) is 0 Å². The van der Waals surface area contributed by atoms with Gasteiger partial charge in [0.1, 0.15) is 13.2 Å². The Bertz CT molecular complexity index is 1400. The average Bonchev–Trinajstić information content (AvgIpc) is 3.39. The van der Waals surface area contributed by atoms with E-state index in [1.165, 1.54) is 148 Å². The molecule has 0 aromatic heterocycles. The molecule has 0 aliphatic heterocycles. The number of rotatable bonds is 56. The van der Waals surface area contributed by atoms with E-state index in [9.17, 15) is 14.4 Å². The van der Waals surface area contributed by atoms with E-state index in [2.05, 4.69) is 106 Å². The molecule has 0 aliphatic rings. The summed E-state index contributed by atoms with van der Waals surface area (Å²) in [6, 6.07) is 0. The number of esters is 3. The van der Waals surface area contributed by atoms with Gasteiger partial charge in [-0.25, -0.2) is 0 Å². The Balaban J connectivity index is 4.33. The van der Waals surface area contributed by atoms with Crippen LogP contribution in [-0.4, -0.2) is 37.2 Å². The second-order valence-electron chi connectivity index (χ2n) is 20.6. The molecule has 6 heteroatoms. The molecule has 0 heterocycles. The van der Waals surface area contributed by atoms with Gasteiger partial charge in [0.15, 0.2) is 6.10 Å². The second kappa shape index (κ2) is 61.1. The maximum absolute atomic E-state index is 12.9. The molecule has 0 aromatic carbocycles. The van der Waals surface area contributed by atoms with Crippen LogP contribution in [-0.2, 0) is 28.6 Å². The zero-order chi connectivity index (χ0) is 52.9. The number of carbonyl (C=O) groups excluding carboxylic acids is 3. The van der Waals surface area contributed by atoms with Crippen molar-refractivity contribution in [3.8, 4) is 0 Å². The summed E-state index contributed by atoms with van der Waals surface area (Å²) < 4.78 is 16.9. The summed E-state index contributed by atoms with van der Waals surface area (Å²) in [6.45, 7) is 6.51. The van der Waals surface area contributed by atoms with Gasteiger partial charge in [0.25, 0.3) is 0 Å². The molecule has 0 aromatic rings. The van der Waals surface area contributed by atoms with Crippen molar-refractivity contribution in [2.75, 3.05) is 13.2 Å². The largest absolute Gasteiger partial charge is 0.462 e. The number of hydrogen-bond acceptors (Lipinski definition) is 6. The van der Waals surface area contributed by atoms with E-state index in [1.807, 2.05) is 0 Å². The fourth-order valence-electron chi connectivity index (χ4n) is 8.69. The lowest BCUT2D eigenvalue weighted by Crippen LogP contribution is -2.30. The molecule has 0 spiro atoms. The Kier molecular flexibility index (Phi) is 58.3. The molecular weight excluding hydrogens is 901 g/mol. The van der Waals surface area contributed by atoms with Gasteiger partial charge in [-0.2, -0.15) is 0 Å². The summed E-state index contributed by atoms with van der Waals surface area (Å²) in [6.07, 6.45) is 80.1. The first kappa shape index (κ1) is 69.6. The van der Waals surface area contributed by atoms with Gasteiger partial charge in [-0.1, -0.05) is 254 Å². The van der Waals surface area contributed by atoms with Crippen molar-refractivity contribution in [3.63, 3.8) is 0 Å². The standard InChI is InChI=1S/C67H116O6/c1-4-7-10-13-16-19-22-25-28-30-31-32-33-34-35-36-37-38-40-42-45-48-51-54-57-60-66(69)72-63-64(62-71-65(68)59-56-53-50-47-44-41-27-24-21-18-15-12-9-6-3)73-67(70)61-58-55-52-49-46-43-39-29-26-23-20-17-14-11-8-5-2/h7,10,16,19-20,23-25,27-29,31-32,39,64H,4-6,8-9,11-15,17-18,21-22,26,30,33-38,40-63H2,1-3H3/b10-7-,19-16-,23-20-,27-24-,28-25-,32-31-,39-29-. The molecule has 73 heavy (non-hydrogen) atoms. The molecule has 6 nitrogen and oxygen atoms in total. The molecule has 0 N–H and O–H groups in total. The molecule has 0 saturated carbocycles. The number of carbonyl (C=O) groups is 3. The Morgan fingerprint density at radius 1 is 0.288 bits per heavy atom. The highest BCUT2D eigenvalue weighted by Crippen LogP contribution is 2.16. The van der Waals surface area contributed by atoms with Gasteiger partial charge < -0.3 is 14.2 Å². The van der Waals surface area contributed by atoms with Gasteiger partial charge in [-0.3, -0.25) is 14.4 Å². The Labute approximate surface area is 452 Å². The van der Waals surface area contributed by atoms with Crippen molar-refractivity contribution >= 4 is 17.9 Å². The predicted molar refractivity (Wildman–Crippen MR) is 316 cm³/mol. The van der Waals surface area contributed by atoms with Crippen molar-refractivity contribution in [3.05, 3.63) is 85.1 Å². The fraction of sp³-hybridized carbons (Fsp3) is 0.746. The van der Waals surface area contributed by atoms with Crippen molar-refractivity contribution in [2.45, 2.75) is 309 Å². The zero-order valence-electron chi connectivity index (χ0n) is 48.1. The van der Waals surface area contributed by atoms with E-state index in [4.69, 9.17) is 14.2 Å². The van der Waals surface area contributed by atoms with Crippen LogP contribution >= 0.6 is 0 Å². The third-order valence-corrected chi connectivity index (χ3v) is 13.4. The normalized spacial score (nSPS) is 12.6. The smallest absolute Gasteiger partial charge is 0.306 e. The third kappa shape index (κ3) is 59.3. The van der Waals surface area contributed by atoms with Crippen LogP contribution < -0.4 is 0 Å². The van der Waals surface area contributed by atoms with Crippen molar-refractivity contribution in [1.29, 1.82) is 0 Å². The van der Waals surface area contributed by atoms with Crippen LogP contribution in [0.15, 0.2) is 85.1 Å². The van der Waals surface area contributed by atoms with Gasteiger partial charge >= 0.3 is 17.9 Å². The van der Waals surface area contributed by atoms with E-state index in [-0.39, 0.29) is 31.1 Å². The van der Waals surface area contributed by atoms with Crippen LogP contribution in [0.25, 0.3) is 0 Å². The number of ether oxygens (including phenoxy) is 3. The lowest BCUT2D eigenvalue weighted by Gasteiger charge is -2.18. The maximum atomic E-state index is 12.9. The van der Waals surface area contributed by atoms with E-state index >= 15 is 0 Å². The van der Waals surface area contributed by atoms with Crippen LogP contribution in [0.2, 0.25) is 0 Å². The average molecular weight is 1020 g/mol. The molecule has 420 valence electrons. The summed E-state index contributed by atoms with van der Waals surface area (Å²) >= 11 is 0. The van der Waals surface area contributed by atoms with Crippen LogP contribution in [0, 0.1) is 0 Å². The summed E-state index contributed by atoms with van der Waals surface area (Å²) in [4.78, 5) is 38.2. The summed E-state index contributed by atoms with van der Waals surface area (Å²) in [7, 11) is 0. The minimum atomic E-state index is -0.788. The highest BCUT2D eigenvalue weighted by molar-refractivity contribution is 5.71. The van der Waals surface area contributed by atoms with Gasteiger partial charge in [0.2, 0.25) is 0 Å². The number of unbranched alkanes of at least 4 members (excludes halogenated alkanes) is 31. The lowest BCUT2D eigenvalue weighted by molar-refractivity contribution is -0.167. The van der Waals surface area contributed by atoms with E-state index in [0.29, 0.717) is 19.3 Å². The molecule has 0 fully saturated rings. The first-order valence-corrected chi connectivity index (χ1v) is 31.1. The van der Waals surface area contributed by atoms with Crippen molar-refractivity contribution in [2.24, 2.45) is 0 Å². The second-order valence-corrected chi connectivity index (χ2v) is 20.6. The molecule has 1 unspecified atom stereocenters.